The molecule has 0 N–H and O–H groups in total. The predicted molar refractivity (Wildman–Crippen MR) is 116 cm³/mol. The van der Waals surface area contributed by atoms with Gasteiger partial charge in [-0.2, -0.15) is 0 Å². The molecule has 29 heavy (non-hydrogen) atoms. The lowest BCUT2D eigenvalue weighted by Gasteiger charge is -2.32. The van der Waals surface area contributed by atoms with E-state index in [-0.39, 0.29) is 12.0 Å². The average Bonchev–Trinajstić information content (AvgIpc) is 2.77. The van der Waals surface area contributed by atoms with Crippen molar-refractivity contribution in [2.24, 2.45) is 0 Å². The fraction of sp³-hybridized carbons (Fsp3) is 0.261. The summed E-state index contributed by atoms with van der Waals surface area (Å²) in [4.78, 5) is 23.0. The number of carbonyl (C=O) groups is 1. The molecule has 2 heterocycles. The van der Waals surface area contributed by atoms with E-state index >= 15 is 0 Å². The zero-order chi connectivity index (χ0) is 20.1. The van der Waals surface area contributed by atoms with Crippen LogP contribution in [0.5, 0.6) is 6.01 Å². The summed E-state index contributed by atoms with van der Waals surface area (Å²) in [7, 11) is 0. The minimum atomic E-state index is -0.0747. The molecular weight excluding hydrogens is 430 g/mol. The predicted octanol–water partition coefficient (Wildman–Crippen LogP) is 4.52. The minimum Gasteiger partial charge on any atom is -0.458 e. The summed E-state index contributed by atoms with van der Waals surface area (Å²) in [6.07, 6.45) is 5.46. The maximum atomic E-state index is 12.8. The maximum absolute atomic E-state index is 12.8. The van der Waals surface area contributed by atoms with E-state index in [9.17, 15) is 4.79 Å². The molecule has 1 aliphatic heterocycles. The molecule has 148 valence electrons. The van der Waals surface area contributed by atoms with Crippen molar-refractivity contribution in [3.63, 3.8) is 0 Å². The molecule has 0 aliphatic carbocycles. The molecule has 1 aliphatic rings. The number of aromatic nitrogens is 2. The lowest BCUT2D eigenvalue weighted by Crippen LogP contribution is -2.45. The first-order valence-corrected chi connectivity index (χ1v) is 10.5. The lowest BCUT2D eigenvalue weighted by atomic mass is 10.0. The van der Waals surface area contributed by atoms with Crippen LogP contribution in [0.1, 0.15) is 18.4 Å². The molecule has 0 bridgehead atoms. The summed E-state index contributed by atoms with van der Waals surface area (Å²) in [6.45, 7) is 1.34. The molecule has 0 radical (unpaired) electrons. The Morgan fingerprint density at radius 1 is 1.03 bits per heavy atom. The standard InChI is InChI=1S/C23H22BrN3O2/c24-20-14-25-23(26-15-20)29-21-7-4-12-27(16-21)22(28)13-17-8-10-19(11-9-17)18-5-2-1-3-6-18/h1-3,5-6,8-11,14-15,21H,4,7,12-13,16H2. The SMILES string of the molecule is O=C(Cc1ccc(-c2ccccc2)cc1)N1CCCC(Oc2ncc(Br)cn2)C1. The Bertz CT molecular complexity index is 946. The largest absolute Gasteiger partial charge is 0.458 e. The van der Waals surface area contributed by atoms with Crippen molar-refractivity contribution in [1.82, 2.24) is 14.9 Å². The van der Waals surface area contributed by atoms with E-state index in [0.717, 1.165) is 35.0 Å². The van der Waals surface area contributed by atoms with Gasteiger partial charge >= 0.3 is 6.01 Å². The van der Waals surface area contributed by atoms with E-state index in [4.69, 9.17) is 4.74 Å². The Hall–Kier alpha value is -2.73. The monoisotopic (exact) mass is 451 g/mol. The summed E-state index contributed by atoms with van der Waals surface area (Å²) in [5.74, 6) is 0.127. The number of benzene rings is 2. The second-order valence-corrected chi connectivity index (χ2v) is 8.06. The van der Waals surface area contributed by atoms with Crippen LogP contribution in [0.25, 0.3) is 11.1 Å². The lowest BCUT2D eigenvalue weighted by molar-refractivity contribution is -0.133. The Morgan fingerprint density at radius 2 is 1.72 bits per heavy atom. The number of ether oxygens (including phenoxy) is 1. The van der Waals surface area contributed by atoms with E-state index in [0.29, 0.717) is 19.0 Å². The van der Waals surface area contributed by atoms with Gasteiger partial charge in [-0.25, -0.2) is 9.97 Å². The molecule has 1 fully saturated rings. The third-order valence-electron chi connectivity index (χ3n) is 5.02. The number of hydrogen-bond donors (Lipinski definition) is 0. The highest BCUT2D eigenvalue weighted by molar-refractivity contribution is 9.10. The number of rotatable bonds is 5. The van der Waals surface area contributed by atoms with Crippen molar-refractivity contribution in [3.8, 4) is 17.1 Å². The highest BCUT2D eigenvalue weighted by Gasteiger charge is 2.25. The van der Waals surface area contributed by atoms with E-state index in [1.54, 1.807) is 12.4 Å². The first kappa shape index (κ1) is 19.6. The van der Waals surface area contributed by atoms with Crippen LogP contribution < -0.4 is 4.74 Å². The van der Waals surface area contributed by atoms with Crippen LogP contribution >= 0.6 is 15.9 Å². The Labute approximate surface area is 178 Å². The number of nitrogens with zero attached hydrogens (tertiary/aromatic N) is 3. The summed E-state index contributed by atoms with van der Waals surface area (Å²) >= 11 is 3.31. The molecule has 3 aromatic rings. The Balaban J connectivity index is 1.34. The molecular formula is C23H22BrN3O2. The molecule has 1 amide bonds. The number of halogens is 1. The van der Waals surface area contributed by atoms with Crippen molar-refractivity contribution in [1.29, 1.82) is 0 Å². The van der Waals surface area contributed by atoms with E-state index in [1.807, 2.05) is 35.2 Å². The van der Waals surface area contributed by atoms with Gasteiger partial charge in [-0.15, -0.1) is 0 Å². The number of likely N-dealkylation sites (tertiary alicyclic amines) is 1. The third kappa shape index (κ3) is 5.21. The van der Waals surface area contributed by atoms with Gasteiger partial charge < -0.3 is 9.64 Å². The van der Waals surface area contributed by atoms with Crippen molar-refractivity contribution in [3.05, 3.63) is 77.0 Å². The van der Waals surface area contributed by atoms with Gasteiger partial charge in [0.1, 0.15) is 6.10 Å². The van der Waals surface area contributed by atoms with Crippen LogP contribution in [-0.2, 0) is 11.2 Å². The molecule has 1 aromatic heterocycles. The zero-order valence-electron chi connectivity index (χ0n) is 16.0. The van der Waals surface area contributed by atoms with Gasteiger partial charge in [0.05, 0.1) is 17.4 Å². The van der Waals surface area contributed by atoms with Crippen molar-refractivity contribution >= 4 is 21.8 Å². The van der Waals surface area contributed by atoms with Crippen molar-refractivity contribution < 1.29 is 9.53 Å². The second-order valence-electron chi connectivity index (χ2n) is 7.15. The van der Waals surface area contributed by atoms with Crippen LogP contribution in [0, 0.1) is 0 Å². The van der Waals surface area contributed by atoms with Crippen LogP contribution in [0.2, 0.25) is 0 Å². The summed E-state index contributed by atoms with van der Waals surface area (Å²) in [6, 6.07) is 18.8. The first-order valence-electron chi connectivity index (χ1n) is 9.74. The molecule has 1 atom stereocenters. The quantitative estimate of drug-likeness (QED) is 0.572. The number of amides is 1. The maximum Gasteiger partial charge on any atom is 0.316 e. The van der Waals surface area contributed by atoms with Gasteiger partial charge in [0.2, 0.25) is 5.91 Å². The van der Waals surface area contributed by atoms with Gasteiger partial charge in [0.15, 0.2) is 0 Å². The van der Waals surface area contributed by atoms with Gasteiger partial charge in [-0.1, -0.05) is 54.6 Å². The van der Waals surface area contributed by atoms with Crippen molar-refractivity contribution in [2.75, 3.05) is 13.1 Å². The second kappa shape index (κ2) is 9.18. The molecule has 5 nitrogen and oxygen atoms in total. The molecule has 2 aromatic carbocycles. The summed E-state index contributed by atoms with van der Waals surface area (Å²) in [5.41, 5.74) is 3.35. The van der Waals surface area contributed by atoms with E-state index in [1.165, 1.54) is 5.56 Å². The van der Waals surface area contributed by atoms with Crippen molar-refractivity contribution in [2.45, 2.75) is 25.4 Å². The molecule has 6 heteroatoms. The molecule has 1 unspecified atom stereocenters. The Kier molecular flexibility index (Phi) is 6.20. The van der Waals surface area contributed by atoms with Gasteiger partial charge in [-0.05, 0) is 45.5 Å². The van der Waals surface area contributed by atoms with Gasteiger partial charge in [0.25, 0.3) is 0 Å². The van der Waals surface area contributed by atoms with Gasteiger partial charge in [0, 0.05) is 18.9 Å². The average molecular weight is 452 g/mol. The molecule has 1 saturated heterocycles. The fourth-order valence-corrected chi connectivity index (χ4v) is 3.71. The number of piperidine rings is 1. The fourth-order valence-electron chi connectivity index (χ4n) is 3.50. The van der Waals surface area contributed by atoms with E-state index < -0.39 is 0 Å². The molecule has 4 rings (SSSR count). The topological polar surface area (TPSA) is 55.3 Å². The van der Waals surface area contributed by atoms with E-state index in [2.05, 4.69) is 50.2 Å². The smallest absolute Gasteiger partial charge is 0.316 e. The van der Waals surface area contributed by atoms with Crippen LogP contribution in [0.15, 0.2) is 71.5 Å². The zero-order valence-corrected chi connectivity index (χ0v) is 17.6. The van der Waals surface area contributed by atoms with Crippen LogP contribution in [0.3, 0.4) is 0 Å². The molecule has 0 saturated carbocycles. The third-order valence-corrected chi connectivity index (χ3v) is 5.43. The summed E-state index contributed by atoms with van der Waals surface area (Å²) < 4.78 is 6.68. The normalized spacial score (nSPS) is 16.4. The number of carbonyl (C=O) groups excluding carboxylic acids is 1. The number of hydrogen-bond acceptors (Lipinski definition) is 4. The van der Waals surface area contributed by atoms with Crippen LogP contribution in [-0.4, -0.2) is 40.0 Å². The highest BCUT2D eigenvalue weighted by atomic mass is 79.9. The van der Waals surface area contributed by atoms with Crippen LogP contribution in [0.4, 0.5) is 0 Å². The first-order chi connectivity index (χ1) is 14.2. The summed E-state index contributed by atoms with van der Waals surface area (Å²) in [5, 5.41) is 0. The Morgan fingerprint density at radius 3 is 2.45 bits per heavy atom. The minimum absolute atomic E-state index is 0.0747. The van der Waals surface area contributed by atoms with Gasteiger partial charge in [-0.3, -0.25) is 4.79 Å². The molecule has 0 spiro atoms. The highest BCUT2D eigenvalue weighted by Crippen LogP contribution is 2.21.